The van der Waals surface area contributed by atoms with Crippen LogP contribution in [0.5, 0.6) is 5.75 Å². The van der Waals surface area contributed by atoms with E-state index in [-0.39, 0.29) is 11.3 Å². The number of carbonyl (C=O) groups is 1. The van der Waals surface area contributed by atoms with Crippen LogP contribution in [-0.4, -0.2) is 25.6 Å². The molecule has 0 unspecified atom stereocenters. The lowest BCUT2D eigenvalue weighted by Gasteiger charge is -2.02. The van der Waals surface area contributed by atoms with Gasteiger partial charge < -0.3 is 10.2 Å². The third kappa shape index (κ3) is 1.91. The lowest BCUT2D eigenvalue weighted by Crippen LogP contribution is -1.97. The number of carboxylic acids is 1. The monoisotopic (exact) mass is 254 g/mol. The molecule has 2 aromatic heterocycles. The van der Waals surface area contributed by atoms with Crippen LogP contribution in [0.15, 0.2) is 48.8 Å². The van der Waals surface area contributed by atoms with Gasteiger partial charge in [-0.1, -0.05) is 0 Å². The summed E-state index contributed by atoms with van der Waals surface area (Å²) in [7, 11) is 0. The number of aromatic carboxylic acids is 1. The number of nitrogens with zero attached hydrogens (tertiary/aromatic N) is 2. The van der Waals surface area contributed by atoms with Crippen molar-refractivity contribution in [2.75, 3.05) is 0 Å². The molecule has 0 radical (unpaired) electrons. The first-order chi connectivity index (χ1) is 9.15. The fourth-order valence-electron chi connectivity index (χ4n) is 1.96. The van der Waals surface area contributed by atoms with E-state index in [2.05, 4.69) is 4.98 Å². The third-order valence-corrected chi connectivity index (χ3v) is 2.90. The van der Waals surface area contributed by atoms with Crippen LogP contribution in [-0.2, 0) is 0 Å². The van der Waals surface area contributed by atoms with Crippen molar-refractivity contribution in [1.29, 1.82) is 0 Å². The Kier molecular flexibility index (Phi) is 2.45. The van der Waals surface area contributed by atoms with Gasteiger partial charge >= 0.3 is 5.97 Å². The molecule has 0 bridgehead atoms. The summed E-state index contributed by atoms with van der Waals surface area (Å²) in [6, 6.07) is 9.79. The predicted molar refractivity (Wildman–Crippen MR) is 69.3 cm³/mol. The molecule has 2 heterocycles. The van der Waals surface area contributed by atoms with Crippen LogP contribution < -0.4 is 0 Å². The van der Waals surface area contributed by atoms with Gasteiger partial charge in [0.05, 0.1) is 17.3 Å². The first kappa shape index (κ1) is 11.3. The van der Waals surface area contributed by atoms with Gasteiger partial charge in [-0.15, -0.1) is 0 Å². The van der Waals surface area contributed by atoms with Crippen LogP contribution in [0.3, 0.4) is 0 Å². The predicted octanol–water partition coefficient (Wildman–Crippen LogP) is 2.41. The van der Waals surface area contributed by atoms with E-state index in [0.29, 0.717) is 11.3 Å². The highest BCUT2D eigenvalue weighted by Crippen LogP contribution is 2.22. The van der Waals surface area contributed by atoms with Gasteiger partial charge in [0, 0.05) is 11.8 Å². The Hall–Kier alpha value is -2.82. The number of carboxylic acid groups (broad SMARTS) is 1. The average molecular weight is 254 g/mol. The van der Waals surface area contributed by atoms with E-state index in [9.17, 15) is 9.90 Å². The van der Waals surface area contributed by atoms with Crippen molar-refractivity contribution in [3.8, 4) is 17.1 Å². The molecule has 1 aromatic carbocycles. The first-order valence-electron chi connectivity index (χ1n) is 5.65. The van der Waals surface area contributed by atoms with E-state index in [1.54, 1.807) is 47.1 Å². The summed E-state index contributed by atoms with van der Waals surface area (Å²) < 4.78 is 1.80. The lowest BCUT2D eigenvalue weighted by molar-refractivity contribution is 0.0697. The largest absolute Gasteiger partial charge is 0.508 e. The van der Waals surface area contributed by atoms with Gasteiger partial charge in [-0.05, 0) is 36.4 Å². The van der Waals surface area contributed by atoms with Crippen molar-refractivity contribution >= 4 is 11.5 Å². The van der Waals surface area contributed by atoms with E-state index in [1.807, 2.05) is 0 Å². The van der Waals surface area contributed by atoms with Gasteiger partial charge in [0.25, 0.3) is 0 Å². The van der Waals surface area contributed by atoms with Gasteiger partial charge in [0.2, 0.25) is 0 Å². The number of hydrogen-bond donors (Lipinski definition) is 2. The number of imidazole rings is 1. The van der Waals surface area contributed by atoms with Crippen molar-refractivity contribution in [2.24, 2.45) is 0 Å². The van der Waals surface area contributed by atoms with Crippen molar-refractivity contribution < 1.29 is 15.0 Å². The fraction of sp³-hybridized carbons (Fsp3) is 0. The summed E-state index contributed by atoms with van der Waals surface area (Å²) in [6.07, 6.45) is 3.29. The van der Waals surface area contributed by atoms with Crippen LogP contribution in [0.2, 0.25) is 0 Å². The maximum Gasteiger partial charge on any atom is 0.335 e. The molecule has 0 aliphatic rings. The molecule has 5 nitrogen and oxygen atoms in total. The van der Waals surface area contributed by atoms with Crippen molar-refractivity contribution in [3.05, 3.63) is 54.4 Å². The molecule has 5 heteroatoms. The topological polar surface area (TPSA) is 74.8 Å². The van der Waals surface area contributed by atoms with Gasteiger partial charge in [-0.2, -0.15) is 0 Å². The van der Waals surface area contributed by atoms with Gasteiger partial charge in [0.1, 0.15) is 11.6 Å². The van der Waals surface area contributed by atoms with E-state index in [4.69, 9.17) is 5.11 Å². The Morgan fingerprint density at radius 3 is 2.58 bits per heavy atom. The minimum Gasteiger partial charge on any atom is -0.508 e. The molecule has 0 saturated carbocycles. The molecule has 3 aromatic rings. The fourth-order valence-corrected chi connectivity index (χ4v) is 1.96. The Balaban J connectivity index is 2.15. The van der Waals surface area contributed by atoms with E-state index in [1.165, 1.54) is 6.07 Å². The molecule has 0 fully saturated rings. The molecule has 0 atom stereocenters. The Morgan fingerprint density at radius 2 is 1.89 bits per heavy atom. The Bertz CT molecular complexity index is 760. The summed E-state index contributed by atoms with van der Waals surface area (Å²) in [4.78, 5) is 15.2. The van der Waals surface area contributed by atoms with Gasteiger partial charge in [-0.3, -0.25) is 4.40 Å². The summed E-state index contributed by atoms with van der Waals surface area (Å²) in [5.41, 5.74) is 1.79. The molecule has 94 valence electrons. The maximum atomic E-state index is 10.9. The van der Waals surface area contributed by atoms with Crippen molar-refractivity contribution in [3.63, 3.8) is 0 Å². The minimum atomic E-state index is -0.963. The highest BCUT2D eigenvalue weighted by molar-refractivity contribution is 5.89. The van der Waals surface area contributed by atoms with Crippen LogP contribution in [0.4, 0.5) is 0 Å². The number of aromatic hydroxyl groups is 1. The zero-order valence-electron chi connectivity index (χ0n) is 9.82. The molecule has 0 aliphatic carbocycles. The Morgan fingerprint density at radius 1 is 1.16 bits per heavy atom. The smallest absolute Gasteiger partial charge is 0.335 e. The Labute approximate surface area is 108 Å². The van der Waals surface area contributed by atoms with Crippen LogP contribution in [0.25, 0.3) is 16.9 Å². The number of pyridine rings is 1. The zero-order chi connectivity index (χ0) is 13.4. The van der Waals surface area contributed by atoms with Crippen molar-refractivity contribution in [2.45, 2.75) is 0 Å². The van der Waals surface area contributed by atoms with E-state index in [0.717, 1.165) is 5.56 Å². The minimum absolute atomic E-state index is 0.192. The summed E-state index contributed by atoms with van der Waals surface area (Å²) in [5.74, 6) is -0.0698. The highest BCUT2D eigenvalue weighted by atomic mass is 16.4. The number of hydrogen-bond acceptors (Lipinski definition) is 3. The third-order valence-electron chi connectivity index (χ3n) is 2.90. The number of rotatable bonds is 2. The highest BCUT2D eigenvalue weighted by Gasteiger charge is 2.09. The molecule has 0 aliphatic heterocycles. The van der Waals surface area contributed by atoms with Gasteiger partial charge in [0.15, 0.2) is 0 Å². The second kappa shape index (κ2) is 4.13. The zero-order valence-corrected chi connectivity index (χ0v) is 9.82. The molecule has 0 saturated heterocycles. The van der Waals surface area contributed by atoms with E-state index >= 15 is 0 Å². The summed E-state index contributed by atoms with van der Waals surface area (Å²) in [5, 5.41) is 18.2. The number of phenolic OH excluding ortho intramolecular Hbond substituents is 1. The summed E-state index contributed by atoms with van der Waals surface area (Å²) >= 11 is 0. The molecular weight excluding hydrogens is 244 g/mol. The number of benzene rings is 1. The number of aromatic nitrogens is 2. The van der Waals surface area contributed by atoms with Crippen LogP contribution in [0, 0.1) is 0 Å². The molecule has 2 N–H and O–H groups in total. The van der Waals surface area contributed by atoms with Gasteiger partial charge in [-0.25, -0.2) is 9.78 Å². The van der Waals surface area contributed by atoms with Crippen LogP contribution >= 0.6 is 0 Å². The van der Waals surface area contributed by atoms with Crippen molar-refractivity contribution in [1.82, 2.24) is 9.38 Å². The maximum absolute atomic E-state index is 10.9. The lowest BCUT2D eigenvalue weighted by atomic mass is 10.2. The standard InChI is InChI=1S/C14H10N2O3/c17-12-3-1-9(2-4-12)13-15-8-11-7-10(14(18)19)5-6-16(11)13/h1-8,17H,(H,18,19). The normalized spacial score (nSPS) is 10.7. The molecule has 19 heavy (non-hydrogen) atoms. The molecule has 0 amide bonds. The molecule has 0 spiro atoms. The second-order valence-electron chi connectivity index (χ2n) is 4.14. The summed E-state index contributed by atoms with van der Waals surface area (Å²) in [6.45, 7) is 0. The second-order valence-corrected chi connectivity index (χ2v) is 4.14. The van der Waals surface area contributed by atoms with Crippen LogP contribution in [0.1, 0.15) is 10.4 Å². The SMILES string of the molecule is O=C(O)c1ccn2c(-c3ccc(O)cc3)ncc2c1. The molecule has 3 rings (SSSR count). The number of fused-ring (bicyclic) bond motifs is 1. The molecular formula is C14H10N2O3. The average Bonchev–Trinajstić information content (AvgIpc) is 2.82. The first-order valence-corrected chi connectivity index (χ1v) is 5.65. The van der Waals surface area contributed by atoms with E-state index < -0.39 is 5.97 Å². The quantitative estimate of drug-likeness (QED) is 0.736. The number of phenols is 1.